The number of cyclic esters (lactones) is 1. The minimum absolute atomic E-state index is 0.0348. The summed E-state index contributed by atoms with van der Waals surface area (Å²) in [5.41, 5.74) is 8.02. The second-order valence-electron chi connectivity index (χ2n) is 25.6. The third kappa shape index (κ3) is 19.2. The fourth-order valence-corrected chi connectivity index (χ4v) is 14.4. The Hall–Kier alpha value is -9.88. The number of thioether (sulfide) groups is 2. The molecule has 0 saturated carbocycles. The number of H-pyrrole nitrogens is 3. The molecule has 536 valence electrons. The zero-order chi connectivity index (χ0) is 71.9. The van der Waals surface area contributed by atoms with E-state index in [4.69, 9.17) is 10.5 Å². The number of nitrogens with two attached hydrogens (primary N) is 1. The fourth-order valence-electron chi connectivity index (χ4n) is 12.7. The molecule has 3 aromatic heterocycles. The number of hydrogen-bond donors (Lipinski definition) is 12. The molecule has 13 N–H and O–H groups in total. The Morgan fingerprint density at radius 1 is 0.653 bits per heavy atom. The molecule has 4 bridgehead atoms. The average Bonchev–Trinajstić information content (AvgIpc) is 1.68. The Balaban J connectivity index is 0.993. The molecular weight excluding hydrogens is 1350 g/mol. The number of aromatic hydroxyl groups is 1. The summed E-state index contributed by atoms with van der Waals surface area (Å²) in [5, 5.41) is 30.1. The number of aromatic nitrogens is 4. The van der Waals surface area contributed by atoms with Crippen molar-refractivity contribution in [2.45, 2.75) is 144 Å². The Bertz CT molecular complexity index is 4180. The number of benzene rings is 4. The van der Waals surface area contributed by atoms with Crippen LogP contribution in [0.4, 0.5) is 13.2 Å². The van der Waals surface area contributed by atoms with Gasteiger partial charge < -0.3 is 72.6 Å². The van der Waals surface area contributed by atoms with E-state index in [1.165, 1.54) is 121 Å². The van der Waals surface area contributed by atoms with E-state index >= 15 is 32.8 Å². The first kappa shape index (κ1) is 73.8. The number of carbonyl (C=O) groups is 10. The number of halogens is 3. The van der Waals surface area contributed by atoms with Gasteiger partial charge in [0.05, 0.1) is 12.7 Å². The van der Waals surface area contributed by atoms with E-state index in [0.717, 1.165) is 4.90 Å². The number of nitrogens with one attached hydrogen (secondary N) is 10. The molecule has 0 radical (unpaired) electrons. The number of rotatable bonds is 12. The minimum atomic E-state index is -1.83. The van der Waals surface area contributed by atoms with Crippen LogP contribution in [0.1, 0.15) is 92.3 Å². The summed E-state index contributed by atoms with van der Waals surface area (Å²) in [6.45, 7) is 2.69. The number of unbranched alkanes of at least 4 members (excludes halogenated alkanes) is 1. The lowest BCUT2D eigenvalue weighted by molar-refractivity contribution is -0.153. The van der Waals surface area contributed by atoms with Crippen LogP contribution in [0, 0.1) is 17.5 Å². The number of imidazole rings is 1. The van der Waals surface area contributed by atoms with Crippen LogP contribution in [0.5, 0.6) is 5.75 Å². The number of carbonyl (C=O) groups excluding carboxylic acids is 10. The third-order valence-electron chi connectivity index (χ3n) is 18.2. The first-order valence-corrected chi connectivity index (χ1v) is 35.6. The molecule has 8 atom stereocenters. The number of esters is 1. The van der Waals surface area contributed by atoms with Crippen molar-refractivity contribution in [3.8, 4) is 5.75 Å². The van der Waals surface area contributed by atoms with Gasteiger partial charge in [-0.3, -0.25) is 52.8 Å². The molecule has 101 heavy (non-hydrogen) atoms. The van der Waals surface area contributed by atoms with E-state index in [0.29, 0.717) is 92.8 Å². The molecular formula is C70H81F3N14O12S2. The van der Waals surface area contributed by atoms with Crippen LogP contribution in [0.2, 0.25) is 0 Å². The monoisotopic (exact) mass is 1430 g/mol. The molecule has 0 unspecified atom stereocenters. The standard InChI is InChI=1S/C70H81F3N14O12S2/c1-39-62(91)82-55(26-43-32-77-52-13-9-45(71)28-50(43)52)64(93)83-56(27-44-33-78-53-14-10-46(72)29-51(44)53)65(94)84-58-31-61(90)99-38-86(67(58)96)59(30-48-34-75-37-79-48)66(95)85-57(25-40-7-11-49(88)12-8-40)68(97)87-19-5-16-70(87,2)69(98)76-18-21-101-36-42-22-41(23-47(73)24-42)35-100-20-15-60(89)81-54(63(92)80-39)6-3-4-17-74/h7-14,22-24,28-29,32-34,37,39,54-59,77-78,88H,3-6,15-21,25-27,30-31,35-36,38,74H2,1-2H3,(H,75,79)(H,76,98)(H,80,92)(H,81,89)(H,82,91)(H,83,93)(H,84,94)(H,85,95)/t39-,54+,55+,56+,57+,58+,59+,70+/m1/s1. The number of hydrogen-bond acceptors (Lipinski definition) is 16. The number of amides is 9. The van der Waals surface area contributed by atoms with Crippen molar-refractivity contribution in [3.63, 3.8) is 0 Å². The molecule has 0 spiro atoms. The van der Waals surface area contributed by atoms with E-state index in [9.17, 15) is 33.5 Å². The summed E-state index contributed by atoms with van der Waals surface area (Å²) in [5.74, 6) is -8.75. The highest BCUT2D eigenvalue weighted by Crippen LogP contribution is 2.32. The molecule has 0 aliphatic carbocycles. The minimum Gasteiger partial charge on any atom is -0.508 e. The van der Waals surface area contributed by atoms with E-state index in [-0.39, 0.29) is 68.7 Å². The quantitative estimate of drug-likeness (QED) is 0.0608. The second kappa shape index (κ2) is 34.0. The van der Waals surface area contributed by atoms with Gasteiger partial charge in [0.15, 0.2) is 6.73 Å². The van der Waals surface area contributed by atoms with Crippen molar-refractivity contribution in [3.05, 3.63) is 155 Å². The van der Waals surface area contributed by atoms with Crippen molar-refractivity contribution < 1.29 is 71.0 Å². The Morgan fingerprint density at radius 3 is 1.92 bits per heavy atom. The lowest BCUT2D eigenvalue weighted by Crippen LogP contribution is -2.63. The molecule has 10 rings (SSSR count). The smallest absolute Gasteiger partial charge is 0.310 e. The van der Waals surface area contributed by atoms with E-state index < -0.39 is 144 Å². The molecule has 3 aliphatic heterocycles. The van der Waals surface area contributed by atoms with E-state index in [2.05, 4.69) is 57.2 Å². The lowest BCUT2D eigenvalue weighted by atomic mass is 9.95. The maximum absolute atomic E-state index is 15.3. The first-order chi connectivity index (χ1) is 48.5. The maximum Gasteiger partial charge on any atom is 0.310 e. The zero-order valence-electron chi connectivity index (χ0n) is 55.6. The highest BCUT2D eigenvalue weighted by Gasteiger charge is 2.48. The third-order valence-corrected chi connectivity index (χ3v) is 20.2. The Kier molecular flexibility index (Phi) is 24.8. The van der Waals surface area contributed by atoms with Gasteiger partial charge >= 0.3 is 5.97 Å². The van der Waals surface area contributed by atoms with Gasteiger partial charge in [-0.15, -0.1) is 0 Å². The van der Waals surface area contributed by atoms with Crippen LogP contribution in [-0.2, 0) is 89.9 Å². The number of phenols is 1. The van der Waals surface area contributed by atoms with Gasteiger partial charge in [0, 0.05) is 114 Å². The van der Waals surface area contributed by atoms with Gasteiger partial charge in [-0.05, 0) is 141 Å². The molecule has 6 heterocycles. The Labute approximate surface area is 587 Å². The van der Waals surface area contributed by atoms with Gasteiger partial charge in [-0.2, -0.15) is 23.5 Å². The molecule has 9 amide bonds. The van der Waals surface area contributed by atoms with Crippen molar-refractivity contribution in [2.24, 2.45) is 5.73 Å². The molecule has 2 fully saturated rings. The number of fused-ring (bicyclic) bond motifs is 7. The van der Waals surface area contributed by atoms with Crippen LogP contribution in [0.15, 0.2) is 104 Å². The number of ether oxygens (including phenoxy) is 1. The lowest BCUT2D eigenvalue weighted by Gasteiger charge is -2.37. The van der Waals surface area contributed by atoms with Crippen molar-refractivity contribution in [1.29, 1.82) is 0 Å². The highest BCUT2D eigenvalue weighted by atomic mass is 32.2. The fraction of sp³-hybridized carbons (Fsp3) is 0.414. The summed E-state index contributed by atoms with van der Waals surface area (Å²) in [6.07, 6.45) is 5.24. The normalized spacial score (nSPS) is 23.5. The predicted octanol–water partition coefficient (Wildman–Crippen LogP) is 3.99. The maximum atomic E-state index is 15.3. The van der Waals surface area contributed by atoms with Gasteiger partial charge in [0.2, 0.25) is 53.2 Å². The number of nitrogens with zero attached hydrogens (tertiary/aromatic N) is 3. The van der Waals surface area contributed by atoms with Gasteiger partial charge in [0.25, 0.3) is 0 Å². The number of phenolic OH excluding ortho intramolecular Hbond substituents is 1. The van der Waals surface area contributed by atoms with Crippen molar-refractivity contribution >= 4 is 104 Å². The summed E-state index contributed by atoms with van der Waals surface area (Å²) < 4.78 is 50.7. The van der Waals surface area contributed by atoms with Crippen LogP contribution in [0.3, 0.4) is 0 Å². The topological polar surface area (TPSA) is 377 Å². The van der Waals surface area contributed by atoms with Crippen LogP contribution < -0.4 is 43.0 Å². The summed E-state index contributed by atoms with van der Waals surface area (Å²) >= 11 is 2.81. The predicted molar refractivity (Wildman–Crippen MR) is 370 cm³/mol. The highest BCUT2D eigenvalue weighted by molar-refractivity contribution is 7.98. The molecule has 26 nitrogen and oxygen atoms in total. The van der Waals surface area contributed by atoms with Gasteiger partial charge in [0.1, 0.15) is 71.0 Å². The summed E-state index contributed by atoms with van der Waals surface area (Å²) in [7, 11) is 0. The zero-order valence-corrected chi connectivity index (χ0v) is 57.2. The molecule has 7 aromatic rings. The molecule has 3 aliphatic rings. The van der Waals surface area contributed by atoms with Crippen LogP contribution >= 0.6 is 23.5 Å². The summed E-state index contributed by atoms with van der Waals surface area (Å²) in [4.78, 5) is 162. The second-order valence-corrected chi connectivity index (χ2v) is 27.8. The van der Waals surface area contributed by atoms with Crippen LogP contribution in [-0.4, -0.2) is 180 Å². The molecule has 2 saturated heterocycles. The number of aromatic amines is 3. The molecule has 4 aromatic carbocycles. The van der Waals surface area contributed by atoms with Crippen molar-refractivity contribution in [1.82, 2.24) is 67.0 Å². The van der Waals surface area contributed by atoms with Crippen LogP contribution in [0.25, 0.3) is 21.8 Å². The van der Waals surface area contributed by atoms with Gasteiger partial charge in [-0.25, -0.2) is 18.2 Å². The largest absolute Gasteiger partial charge is 0.508 e. The van der Waals surface area contributed by atoms with Crippen molar-refractivity contribution in [2.75, 3.05) is 37.9 Å². The summed E-state index contributed by atoms with van der Waals surface area (Å²) in [6, 6.07) is 7.51. The SMILES string of the molecule is C[C@H]1NC(=O)[C@H](CCCCN)NC(=O)CCSCc2cc(F)cc(c2)CSCCNC(=O)[C@]2(C)CCCN2C(=O)[C@H](Cc2ccc(O)cc2)NC(=O)[C@H](Cc2cnc[nH]2)N2COC(=O)C[C@H](NC(=O)[C@H](Cc3c[nH]c4ccc(F)cc34)NC(=O)[C@H](Cc3c[nH]c4ccc(F)cc34)NC1=O)C2=O. The van der Waals surface area contributed by atoms with E-state index in [1.807, 2.05) is 6.07 Å². The first-order valence-electron chi connectivity index (χ1n) is 33.3. The van der Waals surface area contributed by atoms with E-state index in [1.54, 1.807) is 19.1 Å². The molecule has 31 heteroatoms. The average molecular weight is 1430 g/mol. The Morgan fingerprint density at radius 2 is 1.28 bits per heavy atom. The van der Waals surface area contributed by atoms with Gasteiger partial charge in [-0.1, -0.05) is 18.2 Å².